The monoisotopic (exact) mass is 585 g/mol. The van der Waals surface area contributed by atoms with E-state index < -0.39 is 10.8 Å². The summed E-state index contributed by atoms with van der Waals surface area (Å²) in [6.07, 6.45) is 2.24. The quantitative estimate of drug-likeness (QED) is 0.313. The summed E-state index contributed by atoms with van der Waals surface area (Å²) in [5.74, 6) is 1.69. The maximum atomic E-state index is 13.4. The maximum Gasteiger partial charge on any atom is 0.254 e. The summed E-state index contributed by atoms with van der Waals surface area (Å²) >= 11 is 0. The lowest BCUT2D eigenvalue weighted by molar-refractivity contribution is -0.135. The average molecular weight is 586 g/mol. The van der Waals surface area contributed by atoms with Crippen LogP contribution in [0.15, 0.2) is 52.7 Å². The second-order valence-corrected chi connectivity index (χ2v) is 11.8. The van der Waals surface area contributed by atoms with Crippen LogP contribution in [0.5, 0.6) is 17.2 Å². The van der Waals surface area contributed by atoms with E-state index in [1.54, 1.807) is 19.2 Å². The molecule has 0 atom stereocenters. The molecule has 0 aliphatic carbocycles. The minimum Gasteiger partial charge on any atom is -0.494 e. The number of hydrazone groups is 2. The number of rotatable bonds is 11. The van der Waals surface area contributed by atoms with E-state index in [-0.39, 0.29) is 11.8 Å². The van der Waals surface area contributed by atoms with Gasteiger partial charge in [0.15, 0.2) is 11.5 Å². The predicted molar refractivity (Wildman–Crippen MR) is 166 cm³/mol. The Morgan fingerprint density at radius 2 is 1.60 bits per heavy atom. The van der Waals surface area contributed by atoms with E-state index in [0.717, 1.165) is 39.9 Å². The molecule has 1 N–H and O–H groups in total. The van der Waals surface area contributed by atoms with E-state index in [2.05, 4.69) is 17.5 Å². The summed E-state index contributed by atoms with van der Waals surface area (Å²) in [6.45, 7) is 10.5. The Bertz CT molecular complexity index is 1640. The highest BCUT2D eigenvalue weighted by atomic mass is 16.5. The zero-order chi connectivity index (χ0) is 30.9. The topological polar surface area (TPSA) is 115 Å². The van der Waals surface area contributed by atoms with Crippen LogP contribution in [0.4, 0.5) is 0 Å². The number of benzene rings is 2. The average Bonchev–Trinajstić information content (AvgIpc) is 3.40. The van der Waals surface area contributed by atoms with Gasteiger partial charge in [0.25, 0.3) is 11.8 Å². The molecule has 3 heterocycles. The number of hydrogen-bond donors (Lipinski definition) is 1. The van der Waals surface area contributed by atoms with Crippen LogP contribution in [-0.4, -0.2) is 60.6 Å². The third kappa shape index (κ3) is 5.42. The Morgan fingerprint density at radius 3 is 2.28 bits per heavy atom. The van der Waals surface area contributed by atoms with Crippen molar-refractivity contribution >= 4 is 34.1 Å². The highest BCUT2D eigenvalue weighted by Crippen LogP contribution is 2.37. The molecule has 0 saturated carbocycles. The first-order valence-corrected chi connectivity index (χ1v) is 14.6. The molecule has 2 aromatic carbocycles. The molecule has 226 valence electrons. The molecule has 0 radical (unpaired) electrons. The van der Waals surface area contributed by atoms with E-state index in [4.69, 9.17) is 24.3 Å². The van der Waals surface area contributed by atoms with Gasteiger partial charge in [-0.15, -0.1) is 0 Å². The SMILES string of the molecule is CCc1ccc2c(C3=NN(CCCCOc4ccc(C5=NNC(=O)C5(C)C)cc4OC)C(=O)C3(C)C)ccc(OC)c2n1. The highest BCUT2D eigenvalue weighted by Gasteiger charge is 2.44. The summed E-state index contributed by atoms with van der Waals surface area (Å²) in [4.78, 5) is 30.4. The number of amides is 2. The lowest BCUT2D eigenvalue weighted by Gasteiger charge is -2.20. The van der Waals surface area contributed by atoms with Gasteiger partial charge in [-0.2, -0.15) is 10.2 Å². The Morgan fingerprint density at radius 1 is 0.860 bits per heavy atom. The van der Waals surface area contributed by atoms with Crippen molar-refractivity contribution in [1.82, 2.24) is 15.4 Å². The number of carbonyl (C=O) groups is 2. The van der Waals surface area contributed by atoms with Crippen molar-refractivity contribution in [2.24, 2.45) is 21.0 Å². The Kier molecular flexibility index (Phi) is 8.14. The number of pyridine rings is 1. The fourth-order valence-corrected chi connectivity index (χ4v) is 5.46. The summed E-state index contributed by atoms with van der Waals surface area (Å²) in [5, 5.41) is 11.5. The van der Waals surface area contributed by atoms with Crippen molar-refractivity contribution in [3.8, 4) is 17.2 Å². The van der Waals surface area contributed by atoms with Gasteiger partial charge in [0, 0.05) is 28.8 Å². The van der Waals surface area contributed by atoms with Crippen LogP contribution in [-0.2, 0) is 16.0 Å². The summed E-state index contributed by atoms with van der Waals surface area (Å²) < 4.78 is 17.2. The van der Waals surface area contributed by atoms with Crippen molar-refractivity contribution in [1.29, 1.82) is 0 Å². The predicted octanol–water partition coefficient (Wildman–Crippen LogP) is 5.11. The molecule has 3 aromatic rings. The lowest BCUT2D eigenvalue weighted by Crippen LogP contribution is -2.35. The van der Waals surface area contributed by atoms with Gasteiger partial charge in [0.1, 0.15) is 11.3 Å². The van der Waals surface area contributed by atoms with Crippen LogP contribution < -0.4 is 19.6 Å². The molecular weight excluding hydrogens is 546 g/mol. The molecule has 0 spiro atoms. The van der Waals surface area contributed by atoms with E-state index in [9.17, 15) is 9.59 Å². The third-order valence-corrected chi connectivity index (χ3v) is 8.18. The van der Waals surface area contributed by atoms with Crippen LogP contribution in [0.1, 0.15) is 64.3 Å². The summed E-state index contributed by atoms with van der Waals surface area (Å²) in [5.41, 5.74) is 5.85. The van der Waals surface area contributed by atoms with Crippen LogP contribution in [0, 0.1) is 10.8 Å². The van der Waals surface area contributed by atoms with Gasteiger partial charge in [-0.25, -0.2) is 15.4 Å². The molecule has 2 aliphatic rings. The number of methoxy groups -OCH3 is 2. The fraction of sp³-hybridized carbons (Fsp3) is 0.424. The minimum absolute atomic E-state index is 0.0338. The Hall–Kier alpha value is -4.47. The van der Waals surface area contributed by atoms with Gasteiger partial charge in [-0.05, 0) is 83.4 Å². The van der Waals surface area contributed by atoms with Gasteiger partial charge >= 0.3 is 0 Å². The van der Waals surface area contributed by atoms with Gasteiger partial charge < -0.3 is 14.2 Å². The summed E-state index contributed by atoms with van der Waals surface area (Å²) in [6, 6.07) is 13.5. The van der Waals surface area contributed by atoms with E-state index >= 15 is 0 Å². The number of nitrogens with one attached hydrogen (secondary N) is 1. The maximum absolute atomic E-state index is 13.4. The van der Waals surface area contributed by atoms with Crippen LogP contribution >= 0.6 is 0 Å². The zero-order valence-electron chi connectivity index (χ0n) is 25.9. The van der Waals surface area contributed by atoms with Crippen molar-refractivity contribution < 1.29 is 23.8 Å². The first kappa shape index (κ1) is 30.0. The van der Waals surface area contributed by atoms with Gasteiger partial charge in [0.05, 0.1) is 43.1 Å². The van der Waals surface area contributed by atoms with Crippen molar-refractivity contribution in [3.63, 3.8) is 0 Å². The molecule has 0 bridgehead atoms. The summed E-state index contributed by atoms with van der Waals surface area (Å²) in [7, 11) is 3.22. The third-order valence-electron chi connectivity index (χ3n) is 8.18. The Labute approximate surface area is 252 Å². The number of aryl methyl sites for hydroxylation is 1. The minimum atomic E-state index is -0.783. The molecular formula is C33H39N5O5. The fourth-order valence-electron chi connectivity index (χ4n) is 5.46. The van der Waals surface area contributed by atoms with E-state index in [1.807, 2.05) is 70.2 Å². The smallest absolute Gasteiger partial charge is 0.254 e. The molecule has 0 saturated heterocycles. The molecule has 0 unspecified atom stereocenters. The number of unbranched alkanes of at least 4 members (excludes halogenated alkanes) is 1. The van der Waals surface area contributed by atoms with Crippen molar-refractivity contribution in [2.45, 2.75) is 53.9 Å². The van der Waals surface area contributed by atoms with E-state index in [1.165, 1.54) is 0 Å². The van der Waals surface area contributed by atoms with Crippen LogP contribution in [0.25, 0.3) is 10.9 Å². The van der Waals surface area contributed by atoms with Gasteiger partial charge in [-0.1, -0.05) is 13.0 Å². The molecule has 10 heteroatoms. The van der Waals surface area contributed by atoms with E-state index in [0.29, 0.717) is 49.0 Å². The normalized spacial score (nSPS) is 17.1. The standard InChI is InChI=1S/C33H39N5O5/c1-8-21-12-13-22-23(14-16-25(41-6)27(22)34-21)29-33(4,5)31(40)38(37-29)17-9-10-18-43-24-15-11-20(19-26(24)42-7)28-32(2,3)30(39)36-35-28/h11-16,19H,8-10,17-18H2,1-7H3,(H,36,39). The van der Waals surface area contributed by atoms with Gasteiger partial charge in [0.2, 0.25) is 0 Å². The lowest BCUT2D eigenvalue weighted by atomic mass is 9.82. The first-order chi connectivity index (χ1) is 20.5. The molecule has 2 aliphatic heterocycles. The first-order valence-electron chi connectivity index (χ1n) is 14.6. The molecule has 0 fully saturated rings. The van der Waals surface area contributed by atoms with Crippen molar-refractivity contribution in [3.05, 3.63) is 59.3 Å². The largest absolute Gasteiger partial charge is 0.494 e. The van der Waals surface area contributed by atoms with Crippen molar-refractivity contribution in [2.75, 3.05) is 27.4 Å². The number of nitrogens with zero attached hydrogens (tertiary/aromatic N) is 4. The second kappa shape index (κ2) is 11.7. The molecule has 5 rings (SSSR count). The van der Waals surface area contributed by atoms with Gasteiger partial charge in [-0.3, -0.25) is 9.59 Å². The number of carbonyl (C=O) groups excluding carboxylic acids is 2. The highest BCUT2D eigenvalue weighted by molar-refractivity contribution is 6.23. The van der Waals surface area contributed by atoms with Crippen LogP contribution in [0.3, 0.4) is 0 Å². The molecule has 10 nitrogen and oxygen atoms in total. The molecule has 43 heavy (non-hydrogen) atoms. The second-order valence-electron chi connectivity index (χ2n) is 11.8. The zero-order valence-corrected chi connectivity index (χ0v) is 25.9. The van der Waals surface area contributed by atoms with Crippen LogP contribution in [0.2, 0.25) is 0 Å². The number of hydrogen-bond acceptors (Lipinski definition) is 8. The number of aromatic nitrogens is 1. The number of ether oxygens (including phenoxy) is 3. The Balaban J connectivity index is 1.25. The number of fused-ring (bicyclic) bond motifs is 1. The molecule has 2 amide bonds. The molecule has 1 aromatic heterocycles.